The Labute approximate surface area is 123 Å². The summed E-state index contributed by atoms with van der Waals surface area (Å²) in [7, 11) is 1.81. The third-order valence-corrected chi connectivity index (χ3v) is 3.94. The van der Waals surface area contributed by atoms with Gasteiger partial charge in [-0.05, 0) is 25.3 Å². The highest BCUT2D eigenvalue weighted by molar-refractivity contribution is 6.39. The average molecular weight is 289 g/mol. The molecule has 1 aliphatic rings. The van der Waals surface area contributed by atoms with Crippen LogP contribution in [-0.2, 0) is 4.79 Å². The van der Waals surface area contributed by atoms with Crippen molar-refractivity contribution in [2.75, 3.05) is 7.05 Å². The van der Waals surface area contributed by atoms with E-state index < -0.39 is 0 Å². The summed E-state index contributed by atoms with van der Waals surface area (Å²) in [6.07, 6.45) is 1.87. The van der Waals surface area contributed by atoms with E-state index in [1.165, 1.54) is 0 Å². The Bertz CT molecular complexity index is 629. The summed E-state index contributed by atoms with van der Waals surface area (Å²) in [5, 5.41) is 11.7. The molecule has 0 saturated heterocycles. The molecule has 0 bridgehead atoms. The molecule has 0 aliphatic heterocycles. The van der Waals surface area contributed by atoms with E-state index in [0.717, 1.165) is 23.1 Å². The van der Waals surface area contributed by atoms with Gasteiger partial charge in [0.25, 0.3) is 0 Å². The Balaban J connectivity index is 2.71. The van der Waals surface area contributed by atoms with Crippen LogP contribution >= 0.6 is 11.6 Å². The van der Waals surface area contributed by atoms with E-state index in [9.17, 15) is 4.79 Å². The highest BCUT2D eigenvalue weighted by Crippen LogP contribution is 2.34. The van der Waals surface area contributed by atoms with Crippen molar-refractivity contribution in [2.45, 2.75) is 19.8 Å². The van der Waals surface area contributed by atoms with Crippen molar-refractivity contribution in [3.8, 4) is 0 Å². The smallest absolute Gasteiger partial charge is 0.147 e. The molecule has 0 saturated carbocycles. The standard InChI is InChI=1S/C16H17ClN2O/c1-10-5-3-4-6-12(10)16(19-2)14-13(18)8-7-11(9-20)15(14)17/h3-6,9,18-19H,7-8H2,1-2H3/b16-14+,18-13?. The van der Waals surface area contributed by atoms with Gasteiger partial charge in [0.2, 0.25) is 0 Å². The summed E-state index contributed by atoms with van der Waals surface area (Å²) in [5.41, 5.74) is 4.57. The minimum absolute atomic E-state index is 0.392. The minimum Gasteiger partial charge on any atom is -0.387 e. The summed E-state index contributed by atoms with van der Waals surface area (Å²) >= 11 is 6.33. The fourth-order valence-corrected chi connectivity index (χ4v) is 2.75. The maximum Gasteiger partial charge on any atom is 0.147 e. The second-order valence-corrected chi connectivity index (χ2v) is 5.13. The van der Waals surface area contributed by atoms with Gasteiger partial charge in [-0.25, -0.2) is 0 Å². The number of benzene rings is 1. The van der Waals surface area contributed by atoms with Crippen LogP contribution < -0.4 is 5.32 Å². The van der Waals surface area contributed by atoms with Gasteiger partial charge in [0.15, 0.2) is 0 Å². The van der Waals surface area contributed by atoms with Crippen molar-refractivity contribution in [3.05, 3.63) is 51.6 Å². The first-order valence-electron chi connectivity index (χ1n) is 6.50. The van der Waals surface area contributed by atoms with Crippen molar-refractivity contribution < 1.29 is 4.79 Å². The molecule has 0 fully saturated rings. The number of aldehydes is 1. The quantitative estimate of drug-likeness (QED) is 0.837. The number of allylic oxidation sites excluding steroid dienone is 3. The van der Waals surface area contributed by atoms with E-state index in [4.69, 9.17) is 17.0 Å². The predicted octanol–water partition coefficient (Wildman–Crippen LogP) is 3.43. The number of nitrogens with one attached hydrogen (secondary N) is 2. The number of carbonyl (C=O) groups excluding carboxylic acids is 1. The summed E-state index contributed by atoms with van der Waals surface area (Å²) in [5.74, 6) is 0. The third-order valence-electron chi connectivity index (χ3n) is 3.50. The molecule has 2 N–H and O–H groups in total. The Hall–Kier alpha value is -1.87. The minimum atomic E-state index is 0.392. The second-order valence-electron chi connectivity index (χ2n) is 4.75. The van der Waals surface area contributed by atoms with E-state index in [-0.39, 0.29) is 0 Å². The van der Waals surface area contributed by atoms with Crippen LogP contribution in [0.4, 0.5) is 0 Å². The summed E-state index contributed by atoms with van der Waals surface area (Å²) in [6, 6.07) is 7.92. The molecule has 2 rings (SSSR count). The Morgan fingerprint density at radius 3 is 2.65 bits per heavy atom. The zero-order valence-corrected chi connectivity index (χ0v) is 12.3. The zero-order valence-electron chi connectivity index (χ0n) is 11.6. The molecule has 0 spiro atoms. The number of hydrogen-bond donors (Lipinski definition) is 2. The van der Waals surface area contributed by atoms with E-state index in [0.29, 0.717) is 34.7 Å². The Morgan fingerprint density at radius 2 is 2.05 bits per heavy atom. The number of rotatable bonds is 3. The van der Waals surface area contributed by atoms with Crippen molar-refractivity contribution >= 4 is 29.3 Å². The molecule has 0 radical (unpaired) electrons. The molecule has 4 heteroatoms. The molecule has 0 unspecified atom stereocenters. The second kappa shape index (κ2) is 6.06. The number of hydrogen-bond acceptors (Lipinski definition) is 3. The molecule has 0 atom stereocenters. The predicted molar refractivity (Wildman–Crippen MR) is 83.1 cm³/mol. The molecule has 3 nitrogen and oxygen atoms in total. The zero-order chi connectivity index (χ0) is 14.7. The largest absolute Gasteiger partial charge is 0.387 e. The van der Waals surface area contributed by atoms with Gasteiger partial charge in [-0.3, -0.25) is 4.79 Å². The topological polar surface area (TPSA) is 53.0 Å². The van der Waals surface area contributed by atoms with Gasteiger partial charge < -0.3 is 10.7 Å². The number of halogens is 1. The third kappa shape index (κ3) is 2.54. The summed E-state index contributed by atoms with van der Waals surface area (Å²) in [6.45, 7) is 2.01. The van der Waals surface area contributed by atoms with E-state index in [2.05, 4.69) is 5.32 Å². The van der Waals surface area contributed by atoms with Crippen LogP contribution in [0, 0.1) is 12.3 Å². The highest BCUT2D eigenvalue weighted by atomic mass is 35.5. The molecule has 0 aromatic heterocycles. The Morgan fingerprint density at radius 1 is 1.35 bits per heavy atom. The maximum atomic E-state index is 11.1. The molecule has 1 aromatic carbocycles. The molecular formula is C16H17ClN2O. The van der Waals surface area contributed by atoms with Gasteiger partial charge in [0.1, 0.15) is 6.29 Å². The molecular weight excluding hydrogens is 272 g/mol. The lowest BCUT2D eigenvalue weighted by molar-refractivity contribution is -0.105. The van der Waals surface area contributed by atoms with Crippen molar-refractivity contribution in [1.29, 1.82) is 5.41 Å². The average Bonchev–Trinajstić information content (AvgIpc) is 2.45. The molecule has 104 valence electrons. The van der Waals surface area contributed by atoms with Crippen LogP contribution in [0.5, 0.6) is 0 Å². The van der Waals surface area contributed by atoms with Crippen molar-refractivity contribution in [1.82, 2.24) is 5.32 Å². The molecule has 0 amide bonds. The lowest BCUT2D eigenvalue weighted by Crippen LogP contribution is -2.18. The van der Waals surface area contributed by atoms with Gasteiger partial charge in [-0.2, -0.15) is 0 Å². The van der Waals surface area contributed by atoms with Gasteiger partial charge in [0, 0.05) is 29.5 Å². The Kier molecular flexibility index (Phi) is 4.40. The lowest BCUT2D eigenvalue weighted by atomic mass is 9.89. The molecule has 20 heavy (non-hydrogen) atoms. The van der Waals surface area contributed by atoms with Crippen LogP contribution in [0.3, 0.4) is 0 Å². The number of carbonyl (C=O) groups is 1. The van der Waals surface area contributed by atoms with Gasteiger partial charge in [-0.15, -0.1) is 0 Å². The van der Waals surface area contributed by atoms with Crippen LogP contribution in [0.1, 0.15) is 24.0 Å². The van der Waals surface area contributed by atoms with E-state index in [1.807, 2.05) is 31.2 Å². The maximum absolute atomic E-state index is 11.1. The van der Waals surface area contributed by atoms with Gasteiger partial charge >= 0.3 is 0 Å². The van der Waals surface area contributed by atoms with E-state index in [1.54, 1.807) is 7.05 Å². The van der Waals surface area contributed by atoms with Gasteiger partial charge in [-0.1, -0.05) is 35.9 Å². The van der Waals surface area contributed by atoms with Crippen molar-refractivity contribution in [2.24, 2.45) is 0 Å². The van der Waals surface area contributed by atoms with Crippen LogP contribution in [0.15, 0.2) is 40.4 Å². The lowest BCUT2D eigenvalue weighted by Gasteiger charge is -2.22. The fourth-order valence-electron chi connectivity index (χ4n) is 2.41. The van der Waals surface area contributed by atoms with Crippen LogP contribution in [0.2, 0.25) is 0 Å². The molecule has 1 aliphatic carbocycles. The van der Waals surface area contributed by atoms with Crippen molar-refractivity contribution in [3.63, 3.8) is 0 Å². The summed E-state index contributed by atoms with van der Waals surface area (Å²) < 4.78 is 0. The number of aryl methyl sites for hydroxylation is 1. The van der Waals surface area contributed by atoms with E-state index >= 15 is 0 Å². The first kappa shape index (κ1) is 14.5. The first-order valence-corrected chi connectivity index (χ1v) is 6.88. The summed E-state index contributed by atoms with van der Waals surface area (Å²) in [4.78, 5) is 11.1. The first-order chi connectivity index (χ1) is 9.60. The molecule has 0 heterocycles. The molecule has 1 aromatic rings. The SMILES string of the molecule is CN/C(=C1\C(=N)CCC(C=O)=C1Cl)c1ccccc1C. The van der Waals surface area contributed by atoms with Gasteiger partial charge in [0.05, 0.1) is 10.7 Å². The highest BCUT2D eigenvalue weighted by Gasteiger charge is 2.24. The monoisotopic (exact) mass is 288 g/mol. The van der Waals surface area contributed by atoms with Crippen LogP contribution in [-0.4, -0.2) is 19.0 Å². The fraction of sp³-hybridized carbons (Fsp3) is 0.250. The normalized spacial score (nSPS) is 18.1. The van der Waals surface area contributed by atoms with Crippen LogP contribution in [0.25, 0.3) is 5.70 Å².